The Hall–Kier alpha value is -3.12. The number of benzene rings is 3. The highest BCUT2D eigenvalue weighted by Crippen LogP contribution is 2.32. The monoisotopic (exact) mass is 350 g/mol. The van der Waals surface area contributed by atoms with Gasteiger partial charge < -0.3 is 0 Å². The lowest BCUT2D eigenvalue weighted by atomic mass is 9.92. The lowest BCUT2D eigenvalue weighted by Gasteiger charge is -2.13. The number of aryl methyl sites for hydroxylation is 2. The van der Waals surface area contributed by atoms with Gasteiger partial charge in [0.25, 0.3) is 0 Å². The number of rotatable bonds is 5. The van der Waals surface area contributed by atoms with E-state index in [9.17, 15) is 0 Å². The smallest absolute Gasteiger partial charge is 0.0146 e. The lowest BCUT2D eigenvalue weighted by Crippen LogP contribution is -1.89. The zero-order chi connectivity index (χ0) is 19.2. The highest BCUT2D eigenvalue weighted by atomic mass is 14.1. The highest BCUT2D eigenvalue weighted by Gasteiger charge is 2.08. The van der Waals surface area contributed by atoms with Crippen LogP contribution in [0.15, 0.2) is 97.6 Å². The molecule has 0 bridgehead atoms. The summed E-state index contributed by atoms with van der Waals surface area (Å²) in [6.45, 7) is 10.2. The Kier molecular flexibility index (Phi) is 5.88. The first-order valence-electron chi connectivity index (χ1n) is 9.37. The molecule has 3 aromatic rings. The maximum atomic E-state index is 3.77. The topological polar surface area (TPSA) is 0 Å². The molecule has 0 amide bonds. The average molecular weight is 351 g/mol. The molecule has 0 unspecified atom stereocenters. The van der Waals surface area contributed by atoms with E-state index < -0.39 is 0 Å². The molecule has 0 aliphatic heterocycles. The average Bonchev–Trinajstić information content (AvgIpc) is 2.70. The van der Waals surface area contributed by atoms with Crippen LogP contribution in [0.2, 0.25) is 0 Å². The zero-order valence-corrected chi connectivity index (χ0v) is 16.4. The van der Waals surface area contributed by atoms with E-state index in [1.165, 1.54) is 44.5 Å². The first-order valence-corrected chi connectivity index (χ1v) is 9.37. The Morgan fingerprint density at radius 1 is 0.778 bits per heavy atom. The van der Waals surface area contributed by atoms with Gasteiger partial charge in [0.1, 0.15) is 0 Å². The first kappa shape index (κ1) is 18.7. The standard InChI is InChI=1S/C27H26/c1-5-7-12-22(6-2)23-13-10-14-24(18-23)25-17-16-21(4)27(19-25)26-15-9-8-11-20(26)3/h5-19H,1H2,2-4H3/b12-7-,22-6+. The number of allylic oxidation sites excluding steroid dienone is 5. The third kappa shape index (κ3) is 4.17. The fourth-order valence-electron chi connectivity index (χ4n) is 3.38. The van der Waals surface area contributed by atoms with Gasteiger partial charge in [-0.25, -0.2) is 0 Å². The van der Waals surface area contributed by atoms with Crippen LogP contribution in [0.1, 0.15) is 23.6 Å². The van der Waals surface area contributed by atoms with E-state index >= 15 is 0 Å². The van der Waals surface area contributed by atoms with Crippen molar-refractivity contribution in [2.24, 2.45) is 0 Å². The van der Waals surface area contributed by atoms with E-state index in [1.54, 1.807) is 0 Å². The molecule has 0 heteroatoms. The molecule has 0 nitrogen and oxygen atoms in total. The van der Waals surface area contributed by atoms with Crippen molar-refractivity contribution in [3.05, 3.63) is 114 Å². The van der Waals surface area contributed by atoms with Crippen molar-refractivity contribution in [1.29, 1.82) is 0 Å². The maximum absolute atomic E-state index is 3.77. The summed E-state index contributed by atoms with van der Waals surface area (Å²) in [5.41, 5.74) is 10.1. The van der Waals surface area contributed by atoms with Gasteiger partial charge in [0.15, 0.2) is 0 Å². The molecule has 0 fully saturated rings. The minimum atomic E-state index is 1.20. The van der Waals surface area contributed by atoms with Crippen LogP contribution in [0.5, 0.6) is 0 Å². The first-order chi connectivity index (χ1) is 13.1. The minimum Gasteiger partial charge on any atom is -0.0991 e. The van der Waals surface area contributed by atoms with Gasteiger partial charge >= 0.3 is 0 Å². The second-order valence-corrected chi connectivity index (χ2v) is 6.76. The Balaban J connectivity index is 2.07. The summed E-state index contributed by atoms with van der Waals surface area (Å²) in [6.07, 6.45) is 8.01. The van der Waals surface area contributed by atoms with Crippen molar-refractivity contribution in [1.82, 2.24) is 0 Å². The zero-order valence-electron chi connectivity index (χ0n) is 16.4. The SMILES string of the molecule is C=C/C=C\C(=C/C)c1cccc(-c2ccc(C)c(-c3ccccc3C)c2)c1. The van der Waals surface area contributed by atoms with Crippen LogP contribution >= 0.6 is 0 Å². The van der Waals surface area contributed by atoms with Crippen LogP contribution < -0.4 is 0 Å². The molecule has 0 saturated carbocycles. The molecule has 0 aliphatic rings. The Bertz CT molecular complexity index is 1020. The van der Waals surface area contributed by atoms with E-state index in [1.807, 2.05) is 12.2 Å². The molecule has 27 heavy (non-hydrogen) atoms. The van der Waals surface area contributed by atoms with E-state index in [0.717, 1.165) is 0 Å². The van der Waals surface area contributed by atoms with Gasteiger partial charge in [0.2, 0.25) is 0 Å². The van der Waals surface area contributed by atoms with Crippen molar-refractivity contribution in [3.63, 3.8) is 0 Å². The quantitative estimate of drug-likeness (QED) is 0.412. The van der Waals surface area contributed by atoms with Crippen LogP contribution in [0.4, 0.5) is 0 Å². The molecule has 0 heterocycles. The van der Waals surface area contributed by atoms with Crippen molar-refractivity contribution in [2.45, 2.75) is 20.8 Å². The minimum absolute atomic E-state index is 1.20. The molecule has 0 aliphatic carbocycles. The summed E-state index contributed by atoms with van der Waals surface area (Å²) in [6, 6.07) is 24.1. The largest absolute Gasteiger partial charge is 0.0991 e. The molecule has 0 aromatic heterocycles. The summed E-state index contributed by atoms with van der Waals surface area (Å²) in [5, 5.41) is 0. The molecule has 0 spiro atoms. The van der Waals surface area contributed by atoms with Crippen molar-refractivity contribution >= 4 is 5.57 Å². The van der Waals surface area contributed by atoms with E-state index in [-0.39, 0.29) is 0 Å². The second-order valence-electron chi connectivity index (χ2n) is 6.76. The molecular weight excluding hydrogens is 324 g/mol. The van der Waals surface area contributed by atoms with Gasteiger partial charge in [0.05, 0.1) is 0 Å². The van der Waals surface area contributed by atoms with Gasteiger partial charge in [-0.15, -0.1) is 0 Å². The van der Waals surface area contributed by atoms with Crippen LogP contribution in [0, 0.1) is 13.8 Å². The van der Waals surface area contributed by atoms with Gasteiger partial charge in [-0.05, 0) is 77.4 Å². The third-order valence-electron chi connectivity index (χ3n) is 4.92. The Labute approximate surface area is 163 Å². The van der Waals surface area contributed by atoms with E-state index in [0.29, 0.717) is 0 Å². The van der Waals surface area contributed by atoms with Crippen LogP contribution in [-0.4, -0.2) is 0 Å². The van der Waals surface area contributed by atoms with Crippen LogP contribution in [0.3, 0.4) is 0 Å². The second kappa shape index (κ2) is 8.51. The molecule has 0 N–H and O–H groups in total. The predicted octanol–water partition coefficient (Wildman–Crippen LogP) is 7.78. The normalized spacial score (nSPS) is 11.7. The van der Waals surface area contributed by atoms with Crippen molar-refractivity contribution < 1.29 is 0 Å². The molecule has 0 radical (unpaired) electrons. The van der Waals surface area contributed by atoms with Gasteiger partial charge in [-0.3, -0.25) is 0 Å². The molecule has 3 rings (SSSR count). The molecule has 134 valence electrons. The lowest BCUT2D eigenvalue weighted by molar-refractivity contribution is 1.41. The molecule has 0 saturated heterocycles. The summed E-state index contributed by atoms with van der Waals surface area (Å²) < 4.78 is 0. The molecular formula is C27H26. The number of hydrogen-bond acceptors (Lipinski definition) is 0. The van der Waals surface area contributed by atoms with Gasteiger partial charge in [0, 0.05) is 0 Å². The molecule has 3 aromatic carbocycles. The Morgan fingerprint density at radius 3 is 2.26 bits per heavy atom. The Morgan fingerprint density at radius 2 is 1.52 bits per heavy atom. The number of hydrogen-bond donors (Lipinski definition) is 0. The van der Waals surface area contributed by atoms with E-state index in [2.05, 4.69) is 106 Å². The van der Waals surface area contributed by atoms with Crippen molar-refractivity contribution in [2.75, 3.05) is 0 Å². The van der Waals surface area contributed by atoms with E-state index in [4.69, 9.17) is 0 Å². The van der Waals surface area contributed by atoms with Crippen molar-refractivity contribution in [3.8, 4) is 22.3 Å². The maximum Gasteiger partial charge on any atom is -0.0146 e. The third-order valence-corrected chi connectivity index (χ3v) is 4.92. The summed E-state index contributed by atoms with van der Waals surface area (Å²) in [7, 11) is 0. The van der Waals surface area contributed by atoms with Gasteiger partial charge in [-0.1, -0.05) is 85.5 Å². The highest BCUT2D eigenvalue weighted by molar-refractivity contribution is 5.80. The summed E-state index contributed by atoms with van der Waals surface area (Å²) >= 11 is 0. The summed E-state index contributed by atoms with van der Waals surface area (Å²) in [4.78, 5) is 0. The predicted molar refractivity (Wildman–Crippen MR) is 120 cm³/mol. The van der Waals surface area contributed by atoms with Crippen LogP contribution in [-0.2, 0) is 0 Å². The van der Waals surface area contributed by atoms with Crippen LogP contribution in [0.25, 0.3) is 27.8 Å². The fourth-order valence-corrected chi connectivity index (χ4v) is 3.38. The van der Waals surface area contributed by atoms with Gasteiger partial charge in [-0.2, -0.15) is 0 Å². The molecule has 0 atom stereocenters. The summed E-state index contributed by atoms with van der Waals surface area (Å²) in [5.74, 6) is 0. The fraction of sp³-hybridized carbons (Fsp3) is 0.111.